The summed E-state index contributed by atoms with van der Waals surface area (Å²) < 4.78 is 5.04. The van der Waals surface area contributed by atoms with Crippen molar-refractivity contribution in [3.05, 3.63) is 46.8 Å². The number of carbonyl (C=O) groups excluding carboxylic acids is 1. The molecule has 0 aliphatic heterocycles. The van der Waals surface area contributed by atoms with E-state index in [1.54, 1.807) is 31.2 Å². The van der Waals surface area contributed by atoms with Gasteiger partial charge in [0.05, 0.1) is 12.3 Å². The van der Waals surface area contributed by atoms with Crippen LogP contribution >= 0.6 is 0 Å². The van der Waals surface area contributed by atoms with Crippen LogP contribution < -0.4 is 5.32 Å². The number of aryl methyl sites for hydroxylation is 2. The van der Waals surface area contributed by atoms with E-state index >= 15 is 0 Å². The molecule has 0 saturated heterocycles. The van der Waals surface area contributed by atoms with Gasteiger partial charge in [-0.2, -0.15) is 0 Å². The lowest BCUT2D eigenvalue weighted by atomic mass is 10.1. The highest BCUT2D eigenvalue weighted by Gasteiger charge is 2.19. The molecule has 0 aliphatic rings. The maximum atomic E-state index is 12.2. The van der Waals surface area contributed by atoms with Crippen LogP contribution in [0, 0.1) is 6.92 Å². The Morgan fingerprint density at radius 2 is 2.26 bits per heavy atom. The van der Waals surface area contributed by atoms with E-state index in [1.165, 1.54) is 0 Å². The predicted octanol–water partition coefficient (Wildman–Crippen LogP) is 2.29. The Hall–Kier alpha value is -2.14. The lowest BCUT2D eigenvalue weighted by Crippen LogP contribution is -2.14. The average molecular weight is 260 g/mol. The standard InChI is InChI=1S/C14H16N2O3/c1-3-12-13(9(2)19-16-12)14(18)15-11-6-4-5-10(7-11)8-17/h4-7,17H,3,8H2,1-2H3,(H,15,18). The fourth-order valence-electron chi connectivity index (χ4n) is 1.89. The summed E-state index contributed by atoms with van der Waals surface area (Å²) in [5.74, 6) is 0.262. The van der Waals surface area contributed by atoms with E-state index in [-0.39, 0.29) is 12.5 Å². The van der Waals surface area contributed by atoms with Gasteiger partial charge in [-0.25, -0.2) is 0 Å². The topological polar surface area (TPSA) is 75.4 Å². The van der Waals surface area contributed by atoms with Crippen molar-refractivity contribution < 1.29 is 14.4 Å². The van der Waals surface area contributed by atoms with Gasteiger partial charge in [-0.1, -0.05) is 24.2 Å². The number of rotatable bonds is 4. The molecule has 1 aromatic carbocycles. The van der Waals surface area contributed by atoms with Gasteiger partial charge in [-0.05, 0) is 31.0 Å². The lowest BCUT2D eigenvalue weighted by Gasteiger charge is -2.06. The number of hydrogen-bond donors (Lipinski definition) is 2. The Morgan fingerprint density at radius 3 is 2.95 bits per heavy atom. The smallest absolute Gasteiger partial charge is 0.261 e. The van der Waals surface area contributed by atoms with Gasteiger partial charge in [0.15, 0.2) is 0 Å². The van der Waals surface area contributed by atoms with Crippen LogP contribution in [0.1, 0.15) is 34.3 Å². The number of carbonyl (C=O) groups is 1. The highest BCUT2D eigenvalue weighted by molar-refractivity contribution is 6.05. The first-order valence-corrected chi connectivity index (χ1v) is 6.12. The highest BCUT2D eigenvalue weighted by atomic mass is 16.5. The lowest BCUT2D eigenvalue weighted by molar-refractivity contribution is 0.102. The molecular weight excluding hydrogens is 244 g/mol. The molecule has 0 saturated carbocycles. The monoisotopic (exact) mass is 260 g/mol. The highest BCUT2D eigenvalue weighted by Crippen LogP contribution is 2.17. The van der Waals surface area contributed by atoms with Crippen molar-refractivity contribution in [3.63, 3.8) is 0 Å². The Morgan fingerprint density at radius 1 is 1.47 bits per heavy atom. The van der Waals surface area contributed by atoms with E-state index in [1.807, 2.05) is 6.92 Å². The van der Waals surface area contributed by atoms with Gasteiger partial charge < -0.3 is 14.9 Å². The minimum absolute atomic E-state index is 0.0593. The second-order valence-electron chi connectivity index (χ2n) is 4.23. The normalized spacial score (nSPS) is 10.5. The molecule has 19 heavy (non-hydrogen) atoms. The Labute approximate surface area is 111 Å². The first-order chi connectivity index (χ1) is 9.15. The minimum Gasteiger partial charge on any atom is -0.392 e. The Balaban J connectivity index is 2.23. The van der Waals surface area contributed by atoms with Gasteiger partial charge in [0.2, 0.25) is 0 Å². The SMILES string of the molecule is CCc1noc(C)c1C(=O)Nc1cccc(CO)c1. The van der Waals surface area contributed by atoms with Gasteiger partial charge in [0.1, 0.15) is 11.3 Å². The van der Waals surface area contributed by atoms with E-state index in [0.717, 1.165) is 5.56 Å². The van der Waals surface area contributed by atoms with Crippen LogP contribution in [-0.2, 0) is 13.0 Å². The third-order valence-electron chi connectivity index (χ3n) is 2.86. The molecule has 1 aromatic heterocycles. The molecule has 2 rings (SSSR count). The molecule has 0 atom stereocenters. The van der Waals surface area contributed by atoms with Gasteiger partial charge in [0.25, 0.3) is 5.91 Å². The van der Waals surface area contributed by atoms with Gasteiger partial charge >= 0.3 is 0 Å². The summed E-state index contributed by atoms with van der Waals surface area (Å²) in [6, 6.07) is 7.07. The quantitative estimate of drug-likeness (QED) is 0.884. The summed E-state index contributed by atoms with van der Waals surface area (Å²) in [7, 11) is 0. The molecule has 0 unspecified atom stereocenters. The number of aromatic nitrogens is 1. The summed E-state index contributed by atoms with van der Waals surface area (Å²) in [5, 5.41) is 15.7. The maximum Gasteiger partial charge on any atom is 0.261 e. The summed E-state index contributed by atoms with van der Waals surface area (Å²) in [6.07, 6.45) is 0.636. The number of anilines is 1. The van der Waals surface area contributed by atoms with Gasteiger partial charge in [-0.3, -0.25) is 4.79 Å². The third kappa shape index (κ3) is 2.82. The van der Waals surface area contributed by atoms with Crippen molar-refractivity contribution in [1.29, 1.82) is 0 Å². The zero-order valence-electron chi connectivity index (χ0n) is 10.9. The van der Waals surface area contributed by atoms with Gasteiger partial charge in [0, 0.05) is 5.69 Å². The maximum absolute atomic E-state index is 12.2. The fourth-order valence-corrected chi connectivity index (χ4v) is 1.89. The van der Waals surface area contributed by atoms with Crippen LogP contribution in [0.2, 0.25) is 0 Å². The van der Waals surface area contributed by atoms with Crippen LogP contribution in [0.15, 0.2) is 28.8 Å². The summed E-state index contributed by atoms with van der Waals surface area (Å²) in [4.78, 5) is 12.2. The molecule has 5 nitrogen and oxygen atoms in total. The van der Waals surface area contributed by atoms with Crippen LogP contribution in [0.5, 0.6) is 0 Å². The van der Waals surface area contributed by atoms with E-state index in [9.17, 15) is 4.79 Å². The molecule has 100 valence electrons. The van der Waals surface area contributed by atoms with Crippen molar-refractivity contribution in [3.8, 4) is 0 Å². The molecule has 2 aromatic rings. The minimum atomic E-state index is -0.245. The molecule has 0 aliphatic carbocycles. The summed E-state index contributed by atoms with van der Waals surface area (Å²) in [6.45, 7) is 3.57. The van der Waals surface area contributed by atoms with Crippen molar-refractivity contribution in [2.75, 3.05) is 5.32 Å². The van der Waals surface area contributed by atoms with Crippen LogP contribution in [0.4, 0.5) is 5.69 Å². The molecule has 0 radical (unpaired) electrons. The number of aliphatic hydroxyl groups excluding tert-OH is 1. The second-order valence-corrected chi connectivity index (χ2v) is 4.23. The number of nitrogens with one attached hydrogen (secondary N) is 1. The molecule has 1 amide bonds. The molecule has 0 bridgehead atoms. The molecule has 0 fully saturated rings. The predicted molar refractivity (Wildman–Crippen MR) is 70.9 cm³/mol. The molecule has 0 spiro atoms. The zero-order chi connectivity index (χ0) is 13.8. The average Bonchev–Trinajstić information content (AvgIpc) is 2.80. The van der Waals surface area contributed by atoms with Crippen molar-refractivity contribution >= 4 is 11.6 Å². The number of benzene rings is 1. The van der Waals surface area contributed by atoms with Crippen LogP contribution in [0.3, 0.4) is 0 Å². The van der Waals surface area contributed by atoms with Crippen molar-refractivity contribution in [2.24, 2.45) is 0 Å². The molecule has 5 heteroatoms. The van der Waals surface area contributed by atoms with Crippen molar-refractivity contribution in [1.82, 2.24) is 5.16 Å². The van der Waals surface area contributed by atoms with Crippen molar-refractivity contribution in [2.45, 2.75) is 26.9 Å². The molecular formula is C14H16N2O3. The molecule has 1 heterocycles. The summed E-state index contributed by atoms with van der Waals surface area (Å²) in [5.41, 5.74) is 2.51. The van der Waals surface area contributed by atoms with E-state index in [2.05, 4.69) is 10.5 Å². The van der Waals surface area contributed by atoms with E-state index in [0.29, 0.717) is 29.1 Å². The number of hydrogen-bond acceptors (Lipinski definition) is 4. The Kier molecular flexibility index (Phi) is 3.97. The second kappa shape index (κ2) is 5.67. The zero-order valence-corrected chi connectivity index (χ0v) is 10.9. The van der Waals surface area contributed by atoms with Crippen LogP contribution in [-0.4, -0.2) is 16.2 Å². The third-order valence-corrected chi connectivity index (χ3v) is 2.86. The number of aliphatic hydroxyl groups is 1. The van der Waals surface area contributed by atoms with E-state index in [4.69, 9.17) is 9.63 Å². The number of amides is 1. The molecule has 2 N–H and O–H groups in total. The number of nitrogens with zero attached hydrogens (tertiary/aromatic N) is 1. The van der Waals surface area contributed by atoms with Crippen LogP contribution in [0.25, 0.3) is 0 Å². The first kappa shape index (κ1) is 13.3. The van der Waals surface area contributed by atoms with E-state index < -0.39 is 0 Å². The van der Waals surface area contributed by atoms with Gasteiger partial charge in [-0.15, -0.1) is 0 Å². The fraction of sp³-hybridized carbons (Fsp3) is 0.286. The first-order valence-electron chi connectivity index (χ1n) is 6.12. The summed E-state index contributed by atoms with van der Waals surface area (Å²) >= 11 is 0. The Bertz CT molecular complexity index is 590. The largest absolute Gasteiger partial charge is 0.392 e.